The molecule has 17 heavy (non-hydrogen) atoms. The standard InChI is InChI=1S/C13H17NO3/c1-2-8-14(11-15)9-13(16)17-10-12-6-4-3-5-7-12/h3-7,11H,2,8-10H2,1H3. The van der Waals surface area contributed by atoms with E-state index < -0.39 is 0 Å². The Hall–Kier alpha value is -1.84. The molecule has 0 N–H and O–H groups in total. The molecule has 0 unspecified atom stereocenters. The van der Waals surface area contributed by atoms with Gasteiger partial charge in [0.1, 0.15) is 13.2 Å². The van der Waals surface area contributed by atoms with E-state index in [1.165, 1.54) is 4.90 Å². The van der Waals surface area contributed by atoms with Gasteiger partial charge in [0.25, 0.3) is 0 Å². The summed E-state index contributed by atoms with van der Waals surface area (Å²) < 4.78 is 5.07. The zero-order chi connectivity index (χ0) is 12.5. The maximum Gasteiger partial charge on any atom is 0.325 e. The number of benzene rings is 1. The summed E-state index contributed by atoms with van der Waals surface area (Å²) in [6.45, 7) is 2.79. The monoisotopic (exact) mass is 235 g/mol. The lowest BCUT2D eigenvalue weighted by molar-refractivity contribution is -0.148. The molecule has 0 aliphatic heterocycles. The molecule has 0 atom stereocenters. The fourth-order valence-corrected chi connectivity index (χ4v) is 1.41. The normalized spacial score (nSPS) is 9.71. The molecule has 0 radical (unpaired) electrons. The van der Waals surface area contributed by atoms with Crippen molar-refractivity contribution >= 4 is 12.4 Å². The van der Waals surface area contributed by atoms with Crippen LogP contribution in [0.3, 0.4) is 0 Å². The van der Waals surface area contributed by atoms with Gasteiger partial charge in [0.2, 0.25) is 6.41 Å². The fraction of sp³-hybridized carbons (Fsp3) is 0.385. The summed E-state index contributed by atoms with van der Waals surface area (Å²) in [5.74, 6) is -0.380. The molecule has 1 rings (SSSR count). The van der Waals surface area contributed by atoms with Crippen molar-refractivity contribution in [2.75, 3.05) is 13.1 Å². The van der Waals surface area contributed by atoms with Crippen molar-refractivity contribution in [3.63, 3.8) is 0 Å². The Morgan fingerprint density at radius 3 is 2.65 bits per heavy atom. The van der Waals surface area contributed by atoms with Gasteiger partial charge in [-0.1, -0.05) is 37.3 Å². The van der Waals surface area contributed by atoms with Crippen LogP contribution in [-0.2, 0) is 20.9 Å². The molecule has 0 spiro atoms. The van der Waals surface area contributed by atoms with Crippen LogP contribution in [0.15, 0.2) is 30.3 Å². The zero-order valence-corrected chi connectivity index (χ0v) is 9.96. The summed E-state index contributed by atoms with van der Waals surface area (Å²) in [5.41, 5.74) is 0.939. The average Bonchev–Trinajstić information content (AvgIpc) is 2.37. The predicted molar refractivity (Wildman–Crippen MR) is 64.2 cm³/mol. The van der Waals surface area contributed by atoms with Crippen LogP contribution in [0, 0.1) is 0 Å². The summed E-state index contributed by atoms with van der Waals surface area (Å²) in [6.07, 6.45) is 1.50. The first-order valence-corrected chi connectivity index (χ1v) is 5.65. The quantitative estimate of drug-likeness (QED) is 0.532. The number of esters is 1. The molecule has 0 saturated heterocycles. The Balaban J connectivity index is 2.32. The van der Waals surface area contributed by atoms with Crippen molar-refractivity contribution in [2.24, 2.45) is 0 Å². The van der Waals surface area contributed by atoms with Crippen molar-refractivity contribution in [3.8, 4) is 0 Å². The smallest absolute Gasteiger partial charge is 0.325 e. The minimum absolute atomic E-state index is 0.0180. The highest BCUT2D eigenvalue weighted by atomic mass is 16.5. The molecule has 92 valence electrons. The van der Waals surface area contributed by atoms with E-state index in [0.717, 1.165) is 12.0 Å². The lowest BCUT2D eigenvalue weighted by Crippen LogP contribution is -2.30. The van der Waals surface area contributed by atoms with E-state index in [0.29, 0.717) is 13.0 Å². The molecule has 0 aliphatic rings. The molecule has 0 aromatic heterocycles. The van der Waals surface area contributed by atoms with Crippen LogP contribution in [0.4, 0.5) is 0 Å². The number of amides is 1. The van der Waals surface area contributed by atoms with Gasteiger partial charge in [-0.15, -0.1) is 0 Å². The predicted octanol–water partition coefficient (Wildman–Crippen LogP) is 1.60. The van der Waals surface area contributed by atoms with Gasteiger partial charge in [-0.05, 0) is 12.0 Å². The van der Waals surface area contributed by atoms with Gasteiger partial charge in [0.05, 0.1) is 0 Å². The number of nitrogens with zero attached hydrogens (tertiary/aromatic N) is 1. The Labute approximate surface area is 101 Å². The van der Waals surface area contributed by atoms with Crippen molar-refractivity contribution < 1.29 is 14.3 Å². The van der Waals surface area contributed by atoms with Crippen LogP contribution in [0.1, 0.15) is 18.9 Å². The molecule has 1 amide bonds. The van der Waals surface area contributed by atoms with E-state index in [9.17, 15) is 9.59 Å². The molecule has 1 aromatic carbocycles. The summed E-state index contributed by atoms with van der Waals surface area (Å²) in [7, 11) is 0. The number of hydrogen-bond donors (Lipinski definition) is 0. The van der Waals surface area contributed by atoms with Crippen molar-refractivity contribution in [1.29, 1.82) is 0 Å². The lowest BCUT2D eigenvalue weighted by atomic mass is 10.2. The van der Waals surface area contributed by atoms with Gasteiger partial charge < -0.3 is 9.64 Å². The van der Waals surface area contributed by atoms with Gasteiger partial charge in [0.15, 0.2) is 0 Å². The fourth-order valence-electron chi connectivity index (χ4n) is 1.41. The van der Waals surface area contributed by atoms with Gasteiger partial charge >= 0.3 is 5.97 Å². The molecule has 0 saturated carbocycles. The molecular formula is C13H17NO3. The van der Waals surface area contributed by atoms with E-state index in [1.54, 1.807) is 0 Å². The zero-order valence-electron chi connectivity index (χ0n) is 9.96. The summed E-state index contributed by atoms with van der Waals surface area (Å²) in [4.78, 5) is 23.5. The second kappa shape index (κ2) is 7.44. The number of ether oxygens (including phenoxy) is 1. The van der Waals surface area contributed by atoms with Gasteiger partial charge in [-0.2, -0.15) is 0 Å². The molecular weight excluding hydrogens is 218 g/mol. The molecule has 4 nitrogen and oxygen atoms in total. The van der Waals surface area contributed by atoms with Gasteiger partial charge in [-0.25, -0.2) is 0 Å². The van der Waals surface area contributed by atoms with E-state index in [2.05, 4.69) is 0 Å². The summed E-state index contributed by atoms with van der Waals surface area (Å²) in [5, 5.41) is 0. The first kappa shape index (κ1) is 13.2. The van der Waals surface area contributed by atoms with E-state index in [1.807, 2.05) is 37.3 Å². The number of hydrogen-bond acceptors (Lipinski definition) is 3. The van der Waals surface area contributed by atoms with E-state index in [4.69, 9.17) is 4.74 Å². The second-order valence-corrected chi connectivity index (χ2v) is 3.72. The van der Waals surface area contributed by atoms with Crippen LogP contribution in [0.2, 0.25) is 0 Å². The largest absolute Gasteiger partial charge is 0.459 e. The first-order valence-electron chi connectivity index (χ1n) is 5.65. The average molecular weight is 235 g/mol. The van der Waals surface area contributed by atoms with Crippen molar-refractivity contribution in [1.82, 2.24) is 4.90 Å². The summed E-state index contributed by atoms with van der Waals surface area (Å²) in [6, 6.07) is 9.45. The minimum atomic E-state index is -0.380. The third kappa shape index (κ3) is 5.15. The van der Waals surface area contributed by atoms with Gasteiger partial charge in [0, 0.05) is 6.54 Å². The third-order valence-corrected chi connectivity index (χ3v) is 2.23. The maximum atomic E-state index is 11.4. The minimum Gasteiger partial charge on any atom is -0.459 e. The maximum absolute atomic E-state index is 11.4. The molecule has 0 aliphatic carbocycles. The number of carbonyl (C=O) groups is 2. The topological polar surface area (TPSA) is 46.6 Å². The molecule has 4 heteroatoms. The highest BCUT2D eigenvalue weighted by molar-refractivity contribution is 5.74. The van der Waals surface area contributed by atoms with Gasteiger partial charge in [-0.3, -0.25) is 9.59 Å². The molecule has 0 fully saturated rings. The summed E-state index contributed by atoms with van der Waals surface area (Å²) >= 11 is 0. The highest BCUT2D eigenvalue weighted by Gasteiger charge is 2.08. The molecule has 0 bridgehead atoms. The van der Waals surface area contributed by atoms with Crippen molar-refractivity contribution in [2.45, 2.75) is 20.0 Å². The van der Waals surface area contributed by atoms with Crippen LogP contribution in [0.25, 0.3) is 0 Å². The van der Waals surface area contributed by atoms with Crippen LogP contribution in [0.5, 0.6) is 0 Å². The third-order valence-electron chi connectivity index (χ3n) is 2.23. The van der Waals surface area contributed by atoms with E-state index in [-0.39, 0.29) is 19.1 Å². The number of rotatable bonds is 7. The Morgan fingerprint density at radius 1 is 1.35 bits per heavy atom. The lowest BCUT2D eigenvalue weighted by Gasteiger charge is -2.15. The Morgan fingerprint density at radius 2 is 2.06 bits per heavy atom. The number of carbonyl (C=O) groups excluding carboxylic acids is 2. The van der Waals surface area contributed by atoms with Crippen LogP contribution in [-0.4, -0.2) is 30.4 Å². The Bertz CT molecular complexity index is 351. The van der Waals surface area contributed by atoms with E-state index >= 15 is 0 Å². The van der Waals surface area contributed by atoms with Crippen molar-refractivity contribution in [3.05, 3.63) is 35.9 Å². The van der Waals surface area contributed by atoms with Crippen LogP contribution < -0.4 is 0 Å². The highest BCUT2D eigenvalue weighted by Crippen LogP contribution is 2.01. The molecule has 0 heterocycles. The van der Waals surface area contributed by atoms with Crippen LogP contribution >= 0.6 is 0 Å². The first-order chi connectivity index (χ1) is 8.26. The Kier molecular flexibility index (Phi) is 5.79. The SMILES string of the molecule is CCCN(C=O)CC(=O)OCc1ccccc1. The second-order valence-electron chi connectivity index (χ2n) is 3.72. The molecule has 1 aromatic rings.